The minimum atomic E-state index is -0.0365. The molecule has 9 heterocycles. The molecule has 6 N–H and O–H groups in total. The Morgan fingerprint density at radius 3 is 1.41 bits per heavy atom. The van der Waals surface area contributed by atoms with Crippen LogP contribution in [0.15, 0.2) is 97.5 Å². The zero-order valence-corrected chi connectivity index (χ0v) is 56.4. The van der Waals surface area contributed by atoms with Crippen LogP contribution in [0, 0.1) is 46.5 Å². The van der Waals surface area contributed by atoms with Crippen molar-refractivity contribution in [3.8, 4) is 0 Å². The number of carbonyl (C=O) groups is 3. The molecule has 0 unspecified atom stereocenters. The fourth-order valence-corrected chi connectivity index (χ4v) is 13.3. The van der Waals surface area contributed by atoms with Gasteiger partial charge in [-0.1, -0.05) is 137 Å². The van der Waals surface area contributed by atoms with E-state index in [1.165, 1.54) is 59.9 Å². The van der Waals surface area contributed by atoms with Gasteiger partial charge < -0.3 is 36.8 Å². The molecule has 3 aromatic carbocycles. The first-order valence-electron chi connectivity index (χ1n) is 29.4. The van der Waals surface area contributed by atoms with Gasteiger partial charge in [-0.3, -0.25) is 14.4 Å². The summed E-state index contributed by atoms with van der Waals surface area (Å²) in [5.74, 6) is 7.13. The lowest BCUT2D eigenvalue weighted by Crippen LogP contribution is -2.27. The normalized spacial score (nSPS) is 15.9. The lowest BCUT2D eigenvalue weighted by atomic mass is 10.0. The first kappa shape index (κ1) is 67.3. The first-order chi connectivity index (χ1) is 43.2. The van der Waals surface area contributed by atoms with Crippen molar-refractivity contribution < 1.29 is 14.4 Å². The number of carbonyl (C=O) groups excluding carboxylic acids is 3. The minimum absolute atomic E-state index is 0.00219. The monoisotopic (exact) mass is 1350 g/mol. The number of nitrogens with zero attached hydrogens (tertiary/aromatic N) is 11. The van der Waals surface area contributed by atoms with Gasteiger partial charge in [-0.05, 0) is 125 Å². The maximum absolute atomic E-state index is 12.7. The highest BCUT2D eigenvalue weighted by atomic mass is 35.5. The molecule has 470 valence electrons. The zero-order valence-electron chi connectivity index (χ0n) is 50.9. The van der Waals surface area contributed by atoms with Crippen LogP contribution < -0.4 is 36.8 Å². The molecular formula is C64H70Cl4N16O3S3. The summed E-state index contributed by atoms with van der Waals surface area (Å²) in [6.45, 7) is 20.1. The highest BCUT2D eigenvalue weighted by Gasteiger charge is 2.24. The van der Waals surface area contributed by atoms with Gasteiger partial charge in [0.1, 0.15) is 51.7 Å². The van der Waals surface area contributed by atoms with E-state index in [1.54, 1.807) is 43.7 Å². The van der Waals surface area contributed by atoms with Crippen LogP contribution in [0.1, 0.15) is 107 Å². The van der Waals surface area contributed by atoms with Gasteiger partial charge in [-0.2, -0.15) is 0 Å². The third kappa shape index (κ3) is 19.2. The van der Waals surface area contributed by atoms with Gasteiger partial charge in [-0.25, -0.2) is 44.9 Å². The van der Waals surface area contributed by atoms with E-state index in [0.29, 0.717) is 91.1 Å². The number of hydrogen-bond donors (Lipinski definition) is 5. The Hall–Kier alpha value is -7.12. The third-order valence-corrected chi connectivity index (χ3v) is 18.9. The Morgan fingerprint density at radius 2 is 1.00 bits per heavy atom. The second-order valence-corrected chi connectivity index (χ2v) is 27.0. The van der Waals surface area contributed by atoms with Crippen LogP contribution in [0.4, 0.5) is 44.5 Å². The van der Waals surface area contributed by atoms with Crippen LogP contribution in [0.3, 0.4) is 0 Å². The van der Waals surface area contributed by atoms with Crippen molar-refractivity contribution in [2.75, 3.05) is 65.0 Å². The van der Waals surface area contributed by atoms with Crippen molar-refractivity contribution >= 4 is 142 Å². The molecule has 3 aliphatic heterocycles. The van der Waals surface area contributed by atoms with E-state index < -0.39 is 0 Å². The van der Waals surface area contributed by atoms with E-state index in [2.05, 4.69) is 89.8 Å². The minimum Gasteiger partial charge on any atom is -0.356 e. The van der Waals surface area contributed by atoms with Gasteiger partial charge in [0.05, 0.1) is 33.2 Å². The number of halogens is 4. The van der Waals surface area contributed by atoms with Crippen molar-refractivity contribution in [1.29, 1.82) is 0 Å². The van der Waals surface area contributed by atoms with Crippen molar-refractivity contribution in [2.24, 2.45) is 17.6 Å². The summed E-state index contributed by atoms with van der Waals surface area (Å²) in [4.78, 5) is 83.2. The number of nitrogens with two attached hydrogens (primary N) is 1. The molecule has 12 rings (SSSR count). The van der Waals surface area contributed by atoms with Gasteiger partial charge in [0.25, 0.3) is 0 Å². The maximum Gasteiger partial charge on any atom is 0.188 e. The number of thiazole rings is 3. The molecule has 90 heavy (non-hydrogen) atoms. The van der Waals surface area contributed by atoms with Crippen LogP contribution >= 0.6 is 80.4 Å². The summed E-state index contributed by atoms with van der Waals surface area (Å²) in [7, 11) is 0. The summed E-state index contributed by atoms with van der Waals surface area (Å²) in [5.41, 5.74) is 10.5. The van der Waals surface area contributed by atoms with E-state index in [1.807, 2.05) is 88.4 Å². The smallest absolute Gasteiger partial charge is 0.188 e. The van der Waals surface area contributed by atoms with Crippen LogP contribution in [0.5, 0.6) is 0 Å². The Morgan fingerprint density at radius 1 is 0.544 bits per heavy atom. The van der Waals surface area contributed by atoms with Gasteiger partial charge in [-0.15, -0.1) is 0 Å². The van der Waals surface area contributed by atoms with E-state index >= 15 is 0 Å². The summed E-state index contributed by atoms with van der Waals surface area (Å²) >= 11 is 28.4. The zero-order chi connectivity index (χ0) is 64.0. The predicted molar refractivity (Wildman–Crippen MR) is 367 cm³/mol. The fourth-order valence-electron chi connectivity index (χ4n) is 9.98. The van der Waals surface area contributed by atoms with Crippen molar-refractivity contribution in [3.05, 3.63) is 178 Å². The quantitative estimate of drug-likeness (QED) is 0.0420. The molecule has 3 aliphatic rings. The Bertz CT molecular complexity index is 3740. The molecule has 0 spiro atoms. The van der Waals surface area contributed by atoms with Gasteiger partial charge in [0.15, 0.2) is 32.7 Å². The third-order valence-electron chi connectivity index (χ3n) is 14.8. The van der Waals surface area contributed by atoms with Crippen molar-refractivity contribution in [1.82, 2.24) is 50.2 Å². The largest absolute Gasteiger partial charge is 0.356 e. The molecule has 6 aromatic heterocycles. The highest BCUT2D eigenvalue weighted by Crippen LogP contribution is 2.32. The average Bonchev–Trinajstić information content (AvgIpc) is 2.06. The second kappa shape index (κ2) is 31.8. The Balaban J connectivity index is 0.000000153. The molecule has 0 saturated carbocycles. The molecule has 0 aliphatic carbocycles. The number of aryl methyl sites for hydroxylation is 5. The number of hydrogen-bond acceptors (Lipinski definition) is 22. The molecule has 3 saturated heterocycles. The number of ketones is 3. The molecule has 26 heteroatoms. The summed E-state index contributed by atoms with van der Waals surface area (Å²) in [6, 6.07) is 24.2. The van der Waals surface area contributed by atoms with Crippen LogP contribution in [0.25, 0.3) is 0 Å². The number of rotatable bonds is 17. The molecule has 3 fully saturated rings. The molecule has 3 atom stereocenters. The number of nitrogens with one attached hydrogen (secondary N) is 4. The molecule has 0 radical (unpaired) electrons. The fraction of sp³-hybridized carbons (Fsp3) is 0.344. The number of benzene rings is 3. The van der Waals surface area contributed by atoms with Crippen LogP contribution in [-0.4, -0.2) is 108 Å². The predicted octanol–water partition coefficient (Wildman–Crippen LogP) is 14.5. The lowest BCUT2D eigenvalue weighted by molar-refractivity contribution is 0.0988. The number of Topliss-reactive ketones (excluding diaryl/α,β-unsaturated/α-hetero) is 3. The Labute approximate surface area is 556 Å². The van der Waals surface area contributed by atoms with Gasteiger partial charge in [0, 0.05) is 84.8 Å². The summed E-state index contributed by atoms with van der Waals surface area (Å²) in [6.07, 6.45) is 9.00. The maximum atomic E-state index is 12.7. The average molecular weight is 1350 g/mol. The number of aromatic nitrogens is 9. The van der Waals surface area contributed by atoms with E-state index in [9.17, 15) is 14.4 Å². The molecule has 0 bridgehead atoms. The molecular weight excluding hydrogens is 1280 g/mol. The Kier molecular flexibility index (Phi) is 23.7. The van der Waals surface area contributed by atoms with E-state index in [0.717, 1.165) is 78.0 Å². The van der Waals surface area contributed by atoms with Gasteiger partial charge in [0.2, 0.25) is 0 Å². The number of anilines is 8. The van der Waals surface area contributed by atoms with E-state index in [4.69, 9.17) is 52.1 Å². The SMILES string of the molecule is C[C@H]1CCNC1.Cc1nc(Cl)cc(Nc2ncc(C(=O)Cc3ccccc3Cl)s2)n1.Cc1nc(Nc2ncc(C(=O)Cc3c(C)cccc3Cl)s2)cc(N2CC[C@H](C)C2)n1.Cc1nc(Nc2ncc(C(=O)Cc3c(C)cccc3Cl)s2)cc(N2CC[C@H](N)C2)n1. The van der Waals surface area contributed by atoms with Crippen molar-refractivity contribution in [2.45, 2.75) is 93.0 Å². The van der Waals surface area contributed by atoms with Crippen LogP contribution in [0.2, 0.25) is 20.2 Å². The highest BCUT2D eigenvalue weighted by molar-refractivity contribution is 7.18. The van der Waals surface area contributed by atoms with E-state index in [-0.39, 0.29) is 42.7 Å². The summed E-state index contributed by atoms with van der Waals surface area (Å²) < 4.78 is 0. The van der Waals surface area contributed by atoms with Crippen LogP contribution in [-0.2, 0) is 19.3 Å². The standard InChI is InChI=1S/C22H24ClN5OS.C21H23ClN6OS.C16H12Cl2N4OS.C5H11N/c1-13-7-8-28(12-13)21-10-20(25-15(3)26-21)27-22-24-11-19(30-22)18(29)9-16-14(2)5-4-6-17(16)23;1-12-4-3-5-16(22)15(12)8-17(29)18-10-24-21(30-18)27-19-9-20(26-13(2)25-19)28-7-6-14(23)11-28;1-9-20-14(18)7-15(21-9)22-16-19-8-13(24-16)12(23)6-10-4-2-3-5-11(10)17;1-5-2-3-6-4-5/h4-6,10-11,13H,7-9,12H2,1-3H3,(H,24,25,26,27);3-5,9-10,14H,6-8,11,23H2,1-2H3,(H,24,25,26,27);2-5,7-8H,6H2,1H3,(H,19,20,21,22);5-6H,2-4H2,1H3/t13-;14-;;5-/m00.0/s1. The molecule has 19 nitrogen and oxygen atoms in total. The topological polar surface area (TPSA) is 248 Å². The molecule has 0 amide bonds. The second-order valence-electron chi connectivity index (χ2n) is 22.3. The molecule has 9 aromatic rings. The van der Waals surface area contributed by atoms with Gasteiger partial charge >= 0.3 is 0 Å². The first-order valence-corrected chi connectivity index (χ1v) is 33.3. The lowest BCUT2D eigenvalue weighted by Gasteiger charge is -2.18. The summed E-state index contributed by atoms with van der Waals surface area (Å²) in [5, 5.41) is 16.7. The van der Waals surface area contributed by atoms with Crippen molar-refractivity contribution in [3.63, 3.8) is 0 Å².